The summed E-state index contributed by atoms with van der Waals surface area (Å²) in [6, 6.07) is 7.62. The first-order valence-electron chi connectivity index (χ1n) is 8.61. The third-order valence-corrected chi connectivity index (χ3v) is 4.37. The Hall–Kier alpha value is -2.43. The molecule has 0 N–H and O–H groups in total. The quantitative estimate of drug-likeness (QED) is 0.493. The Balaban J connectivity index is 2.15. The molecule has 24 heavy (non-hydrogen) atoms. The Bertz CT molecular complexity index is 883. The Labute approximate surface area is 141 Å². The standard InChI is InChI=1S/C19H23N3O2/c1-3-4-11-18-20-16-13-22(24)17-10-6-5-9-15(17)19(16)21(18)12-7-8-14(2)23/h5-6,9-10,13H,3-4,7-8,11-12H2,1-2H3. The molecule has 1 aromatic carbocycles. The average Bonchev–Trinajstić information content (AvgIpc) is 2.90. The second kappa shape index (κ2) is 6.99. The molecule has 0 aliphatic carbocycles. The number of pyridine rings is 1. The fraction of sp³-hybridized carbons (Fsp3) is 0.421. The molecule has 2 aromatic heterocycles. The smallest absolute Gasteiger partial charge is 0.226 e. The van der Waals surface area contributed by atoms with E-state index in [4.69, 9.17) is 4.98 Å². The van der Waals surface area contributed by atoms with E-state index >= 15 is 0 Å². The van der Waals surface area contributed by atoms with E-state index in [0.29, 0.717) is 11.9 Å². The molecule has 3 rings (SSSR count). The van der Waals surface area contributed by atoms with Crippen molar-refractivity contribution in [1.29, 1.82) is 0 Å². The van der Waals surface area contributed by atoms with E-state index in [1.165, 1.54) is 0 Å². The molecular formula is C19H23N3O2. The van der Waals surface area contributed by atoms with Crippen molar-refractivity contribution in [2.45, 2.75) is 52.5 Å². The normalized spacial score (nSPS) is 11.4. The lowest BCUT2D eigenvalue weighted by atomic mass is 10.2. The number of hydrogen-bond donors (Lipinski definition) is 0. The fourth-order valence-electron chi connectivity index (χ4n) is 3.19. The second-order valence-corrected chi connectivity index (χ2v) is 6.29. The molecule has 0 spiro atoms. The van der Waals surface area contributed by atoms with E-state index in [1.807, 2.05) is 24.3 Å². The molecule has 0 saturated carbocycles. The molecule has 0 radical (unpaired) electrons. The third-order valence-electron chi connectivity index (χ3n) is 4.37. The first kappa shape index (κ1) is 16.4. The van der Waals surface area contributed by atoms with E-state index in [1.54, 1.807) is 13.1 Å². The first-order valence-corrected chi connectivity index (χ1v) is 8.61. The summed E-state index contributed by atoms with van der Waals surface area (Å²) in [6.45, 7) is 4.53. The maximum Gasteiger partial charge on any atom is 0.226 e. The minimum atomic E-state index is 0.205. The SMILES string of the molecule is CCCCc1nc2c[n+]([O-])c3ccccc3c2n1CCCC(C)=O. The van der Waals surface area contributed by atoms with Gasteiger partial charge in [0.15, 0.2) is 5.52 Å². The van der Waals surface area contributed by atoms with Gasteiger partial charge in [0.2, 0.25) is 11.7 Å². The van der Waals surface area contributed by atoms with E-state index in [-0.39, 0.29) is 5.78 Å². The van der Waals surface area contributed by atoms with Crippen molar-refractivity contribution in [3.8, 4) is 0 Å². The number of nitrogens with zero attached hydrogens (tertiary/aromatic N) is 3. The average molecular weight is 325 g/mol. The van der Waals surface area contributed by atoms with Crippen LogP contribution in [0.5, 0.6) is 0 Å². The van der Waals surface area contributed by atoms with Gasteiger partial charge in [0.25, 0.3) is 0 Å². The molecule has 2 heterocycles. The van der Waals surface area contributed by atoms with Crippen LogP contribution in [0.4, 0.5) is 0 Å². The summed E-state index contributed by atoms with van der Waals surface area (Å²) in [4.78, 5) is 16.0. The molecule has 0 aliphatic rings. The van der Waals surface area contributed by atoms with E-state index in [9.17, 15) is 10.0 Å². The van der Waals surface area contributed by atoms with E-state index in [2.05, 4.69) is 11.5 Å². The van der Waals surface area contributed by atoms with Gasteiger partial charge in [0, 0.05) is 25.5 Å². The maximum atomic E-state index is 12.3. The molecule has 0 amide bonds. The molecule has 0 bridgehead atoms. The number of carbonyl (C=O) groups excluding carboxylic acids is 1. The monoisotopic (exact) mass is 325 g/mol. The minimum Gasteiger partial charge on any atom is -0.618 e. The topological polar surface area (TPSA) is 61.8 Å². The summed E-state index contributed by atoms with van der Waals surface area (Å²) in [5, 5.41) is 13.2. The summed E-state index contributed by atoms with van der Waals surface area (Å²) in [7, 11) is 0. The van der Waals surface area contributed by atoms with Crippen LogP contribution < -0.4 is 4.73 Å². The Morgan fingerprint density at radius 1 is 1.29 bits per heavy atom. The molecule has 0 atom stereocenters. The van der Waals surface area contributed by atoms with Crippen molar-refractivity contribution < 1.29 is 9.52 Å². The number of aromatic nitrogens is 3. The van der Waals surface area contributed by atoms with Gasteiger partial charge in [0.05, 0.1) is 10.9 Å². The van der Waals surface area contributed by atoms with Crippen molar-refractivity contribution in [3.05, 3.63) is 41.5 Å². The van der Waals surface area contributed by atoms with Gasteiger partial charge in [-0.2, -0.15) is 4.73 Å². The molecule has 0 fully saturated rings. The maximum absolute atomic E-state index is 12.3. The molecule has 5 nitrogen and oxygen atoms in total. The predicted molar refractivity (Wildman–Crippen MR) is 94.7 cm³/mol. The van der Waals surface area contributed by atoms with Gasteiger partial charge in [0.1, 0.15) is 11.6 Å². The van der Waals surface area contributed by atoms with Gasteiger partial charge in [-0.05, 0) is 25.8 Å². The Morgan fingerprint density at radius 2 is 2.08 bits per heavy atom. The zero-order valence-corrected chi connectivity index (χ0v) is 14.3. The number of benzene rings is 1. The summed E-state index contributed by atoms with van der Waals surface area (Å²) < 4.78 is 3.10. The lowest BCUT2D eigenvalue weighted by molar-refractivity contribution is -0.575. The van der Waals surface area contributed by atoms with Gasteiger partial charge in [-0.1, -0.05) is 25.5 Å². The van der Waals surface area contributed by atoms with Gasteiger partial charge >= 0.3 is 0 Å². The van der Waals surface area contributed by atoms with Crippen LogP contribution in [0.3, 0.4) is 0 Å². The zero-order valence-electron chi connectivity index (χ0n) is 14.3. The molecule has 5 heteroatoms. The summed E-state index contributed by atoms with van der Waals surface area (Å²) in [6.07, 6.45) is 5.97. The number of Topliss-reactive ketones (excluding diaryl/α,β-unsaturated/α-hetero) is 1. The highest BCUT2D eigenvalue weighted by atomic mass is 16.5. The molecule has 0 aliphatic heterocycles. The number of imidazole rings is 1. The van der Waals surface area contributed by atoms with E-state index in [0.717, 1.165) is 59.2 Å². The predicted octanol–water partition coefficient (Wildman–Crippen LogP) is 3.53. The van der Waals surface area contributed by atoms with Crippen LogP contribution in [-0.2, 0) is 17.8 Å². The highest BCUT2D eigenvalue weighted by molar-refractivity contribution is 6.00. The van der Waals surface area contributed by atoms with Crippen LogP contribution >= 0.6 is 0 Å². The number of unbranched alkanes of at least 4 members (excludes halogenated alkanes) is 1. The number of aryl methyl sites for hydroxylation is 2. The fourth-order valence-corrected chi connectivity index (χ4v) is 3.19. The van der Waals surface area contributed by atoms with Gasteiger partial charge < -0.3 is 14.6 Å². The van der Waals surface area contributed by atoms with Crippen molar-refractivity contribution >= 4 is 27.7 Å². The van der Waals surface area contributed by atoms with Gasteiger partial charge in [-0.3, -0.25) is 0 Å². The zero-order chi connectivity index (χ0) is 17.1. The molecule has 0 unspecified atom stereocenters. The summed E-state index contributed by atoms with van der Waals surface area (Å²) in [5.74, 6) is 1.21. The van der Waals surface area contributed by atoms with Crippen molar-refractivity contribution in [2.75, 3.05) is 0 Å². The molecule has 0 saturated heterocycles. The Kier molecular flexibility index (Phi) is 4.79. The van der Waals surface area contributed by atoms with Crippen LogP contribution in [-0.4, -0.2) is 15.3 Å². The van der Waals surface area contributed by atoms with Crippen LogP contribution in [0.15, 0.2) is 30.5 Å². The van der Waals surface area contributed by atoms with Crippen LogP contribution in [0.25, 0.3) is 21.9 Å². The minimum absolute atomic E-state index is 0.205. The number of para-hydroxylation sites is 1. The second-order valence-electron chi connectivity index (χ2n) is 6.29. The van der Waals surface area contributed by atoms with Crippen LogP contribution in [0, 0.1) is 5.21 Å². The van der Waals surface area contributed by atoms with Crippen molar-refractivity contribution in [3.63, 3.8) is 0 Å². The summed E-state index contributed by atoms with van der Waals surface area (Å²) in [5.41, 5.74) is 2.39. The third kappa shape index (κ3) is 3.11. The Morgan fingerprint density at radius 3 is 2.83 bits per heavy atom. The van der Waals surface area contributed by atoms with Crippen LogP contribution in [0.2, 0.25) is 0 Å². The highest BCUT2D eigenvalue weighted by Crippen LogP contribution is 2.25. The van der Waals surface area contributed by atoms with Crippen molar-refractivity contribution in [1.82, 2.24) is 9.55 Å². The number of hydrogen-bond acceptors (Lipinski definition) is 3. The highest BCUT2D eigenvalue weighted by Gasteiger charge is 2.18. The van der Waals surface area contributed by atoms with Gasteiger partial charge in [-0.15, -0.1) is 0 Å². The lowest BCUT2D eigenvalue weighted by Gasteiger charge is -2.10. The molecule has 3 aromatic rings. The lowest BCUT2D eigenvalue weighted by Crippen LogP contribution is -2.26. The van der Waals surface area contributed by atoms with E-state index < -0.39 is 0 Å². The largest absolute Gasteiger partial charge is 0.618 e. The number of rotatable bonds is 7. The number of fused-ring (bicyclic) bond motifs is 3. The number of carbonyl (C=O) groups is 1. The van der Waals surface area contributed by atoms with Crippen LogP contribution in [0.1, 0.15) is 45.4 Å². The molecular weight excluding hydrogens is 302 g/mol. The summed E-state index contributed by atoms with van der Waals surface area (Å²) >= 11 is 0. The number of ketones is 1. The van der Waals surface area contributed by atoms with Crippen molar-refractivity contribution in [2.24, 2.45) is 0 Å². The molecule has 126 valence electrons. The van der Waals surface area contributed by atoms with Gasteiger partial charge in [-0.25, -0.2) is 4.98 Å². The first-order chi connectivity index (χ1) is 11.6.